The second-order valence-corrected chi connectivity index (χ2v) is 36.4. The van der Waals surface area contributed by atoms with E-state index in [-0.39, 0.29) is 0 Å². The van der Waals surface area contributed by atoms with Crippen molar-refractivity contribution in [2.24, 2.45) is 0 Å². The molecule has 0 rings (SSSR count). The van der Waals surface area contributed by atoms with Gasteiger partial charge < -0.3 is 0 Å². The number of hydrogen-bond acceptors (Lipinski definition) is 0. The minimum absolute atomic E-state index is 1.47. The molecule has 32 valence electrons. The summed E-state index contributed by atoms with van der Waals surface area (Å²) >= 11 is 2.13. The Kier molecular flexibility index (Phi) is 2.38. The van der Waals surface area contributed by atoms with Crippen LogP contribution in [0.25, 0.3) is 0 Å². The maximum absolute atomic E-state index is 3.60. The van der Waals surface area contributed by atoms with Crippen molar-refractivity contribution in [2.75, 3.05) is 0 Å². The van der Waals surface area contributed by atoms with Gasteiger partial charge in [-0.05, 0) is 0 Å². The van der Waals surface area contributed by atoms with Crippen molar-refractivity contribution in [3.8, 4) is 0 Å². The number of rotatable bonds is 0. The molecule has 0 spiro atoms. The molecule has 0 amide bonds. The Balaban J connectivity index is 3.02. The van der Waals surface area contributed by atoms with Crippen LogP contribution in [0.4, 0.5) is 0 Å². The summed E-state index contributed by atoms with van der Waals surface area (Å²) < 4.78 is 6.98. The predicted molar refractivity (Wildman–Crippen MR) is 26.5 cm³/mol. The molecule has 0 aliphatic rings. The van der Waals surface area contributed by atoms with Crippen LogP contribution in [0.5, 0.6) is 0 Å². The van der Waals surface area contributed by atoms with E-state index in [0.717, 1.165) is 0 Å². The third-order valence-corrected chi connectivity index (χ3v) is 0. The normalized spacial score (nSPS) is 12.0. The molecule has 5 heavy (non-hydrogen) atoms. The van der Waals surface area contributed by atoms with Crippen molar-refractivity contribution in [3.63, 3.8) is 0 Å². The van der Waals surface area contributed by atoms with E-state index in [0.29, 0.717) is 0 Å². The fourth-order valence-electron chi connectivity index (χ4n) is 0. The molecule has 0 saturated carbocycles. The first kappa shape index (κ1) is 6.35. The number of halogens is 1. The van der Waals surface area contributed by atoms with Gasteiger partial charge in [0.2, 0.25) is 0 Å². The van der Waals surface area contributed by atoms with Crippen LogP contribution in [-0.4, -0.2) is 0 Å². The van der Waals surface area contributed by atoms with Crippen LogP contribution in [0.2, 0.25) is 14.0 Å². The Hall–Kier alpha value is 1.35. The molecule has 0 fully saturated rings. The summed E-state index contributed by atoms with van der Waals surface area (Å²) in [5, 5.41) is 0. The van der Waals surface area contributed by atoms with Crippen molar-refractivity contribution < 1.29 is 17.6 Å². The minimum atomic E-state index is -1.47. The predicted octanol–water partition coefficient (Wildman–Crippen LogP) is 2.59. The van der Waals surface area contributed by atoms with E-state index in [4.69, 9.17) is 0 Å². The average Bonchev–Trinajstić information content (AvgIpc) is 0.722. The van der Waals surface area contributed by atoms with Crippen LogP contribution in [0.3, 0.4) is 0 Å². The summed E-state index contributed by atoms with van der Waals surface area (Å²) in [6.07, 6.45) is 0. The Labute approximate surface area is 43.8 Å². The van der Waals surface area contributed by atoms with Gasteiger partial charge in [-0.15, -0.1) is 0 Å². The van der Waals surface area contributed by atoms with Gasteiger partial charge in [0.15, 0.2) is 0 Å². The molecule has 0 aromatic rings. The van der Waals surface area contributed by atoms with Crippen molar-refractivity contribution in [1.29, 1.82) is 0 Å². The van der Waals surface area contributed by atoms with Gasteiger partial charge in [0, 0.05) is 0 Å². The van der Waals surface area contributed by atoms with Crippen LogP contribution in [-0.2, 0) is 17.6 Å². The summed E-state index contributed by atoms with van der Waals surface area (Å²) in [5.74, 6) is 0. The quantitative estimate of drug-likeness (QED) is 0.604. The molecule has 0 radical (unpaired) electrons. The van der Waals surface area contributed by atoms with E-state index >= 15 is 0 Å². The van der Waals surface area contributed by atoms with E-state index < -0.39 is 17.6 Å². The fraction of sp³-hybridized carbons (Fsp3) is 1.00. The Morgan fingerprint density at radius 3 is 1.20 bits per heavy atom. The van der Waals surface area contributed by atoms with Crippen LogP contribution < -0.4 is 0 Å². The van der Waals surface area contributed by atoms with Crippen LogP contribution in [0, 0.1) is 0 Å². The molecule has 2 heteroatoms. The van der Waals surface area contributed by atoms with E-state index in [1.807, 2.05) is 0 Å². The van der Waals surface area contributed by atoms with Gasteiger partial charge in [-0.3, -0.25) is 0 Å². The molecule has 0 aliphatic carbocycles. The van der Waals surface area contributed by atoms with Gasteiger partial charge in [-0.25, -0.2) is 0 Å². The van der Waals surface area contributed by atoms with Crippen molar-refractivity contribution in [3.05, 3.63) is 0 Å². The maximum atomic E-state index is 3.60. The van der Waals surface area contributed by atoms with Crippen molar-refractivity contribution >= 4 is 12.3 Å². The molecular weight excluding hydrogens is 294 g/mol. The zero-order chi connectivity index (χ0) is 4.50. The average molecular weight is 303 g/mol. The molecular formula is C3H9BrHf. The van der Waals surface area contributed by atoms with Gasteiger partial charge >= 0.3 is 44.0 Å². The molecule has 0 aromatic heterocycles. The van der Waals surface area contributed by atoms with Crippen molar-refractivity contribution in [2.45, 2.75) is 14.0 Å². The van der Waals surface area contributed by atoms with Crippen LogP contribution in [0.1, 0.15) is 0 Å². The van der Waals surface area contributed by atoms with Gasteiger partial charge in [-0.2, -0.15) is 0 Å². The van der Waals surface area contributed by atoms with Crippen molar-refractivity contribution in [1.82, 2.24) is 0 Å². The van der Waals surface area contributed by atoms with E-state index in [1.165, 1.54) is 0 Å². The topological polar surface area (TPSA) is 0 Å². The second-order valence-electron chi connectivity index (χ2n) is 2.07. The first-order valence-electron chi connectivity index (χ1n) is 1.69. The van der Waals surface area contributed by atoms with Gasteiger partial charge in [0.25, 0.3) is 0 Å². The zero-order valence-corrected chi connectivity index (χ0v) is 9.06. The summed E-state index contributed by atoms with van der Waals surface area (Å²) in [6.45, 7) is 0. The standard InChI is InChI=1S/3CH3.BrH.Hf/h3*1H3;1H;/q;;;;+1/p-1. The van der Waals surface area contributed by atoms with Gasteiger partial charge in [0.05, 0.1) is 0 Å². The summed E-state index contributed by atoms with van der Waals surface area (Å²) in [5.41, 5.74) is 0. The van der Waals surface area contributed by atoms with Gasteiger partial charge in [0.1, 0.15) is 0 Å². The third-order valence-electron chi connectivity index (χ3n) is 0. The monoisotopic (exact) mass is 304 g/mol. The van der Waals surface area contributed by atoms with E-state index in [2.05, 4.69) is 26.3 Å². The van der Waals surface area contributed by atoms with E-state index in [9.17, 15) is 0 Å². The SMILES string of the molecule is [CH3][Hf]([CH3])([CH3])[Br]. The van der Waals surface area contributed by atoms with Crippen LogP contribution >= 0.6 is 12.3 Å². The molecule has 0 aliphatic heterocycles. The van der Waals surface area contributed by atoms with Crippen LogP contribution in [0.15, 0.2) is 0 Å². The molecule has 0 unspecified atom stereocenters. The molecule has 0 atom stereocenters. The Bertz CT molecular complexity index is 22.4. The summed E-state index contributed by atoms with van der Waals surface area (Å²) in [4.78, 5) is 0. The van der Waals surface area contributed by atoms with Gasteiger partial charge in [-0.1, -0.05) is 0 Å². The summed E-state index contributed by atoms with van der Waals surface area (Å²) in [6, 6.07) is 0. The molecule has 0 nitrogen and oxygen atoms in total. The molecule has 0 saturated heterocycles. The first-order valence-corrected chi connectivity index (χ1v) is 20.3. The molecule has 0 bridgehead atoms. The molecule has 0 aromatic carbocycles. The van der Waals surface area contributed by atoms with E-state index in [1.54, 1.807) is 0 Å². The zero-order valence-electron chi connectivity index (χ0n) is 3.88. The molecule has 0 heterocycles. The molecule has 0 N–H and O–H groups in total. The number of hydrogen-bond donors (Lipinski definition) is 0. The second kappa shape index (κ2) is 1.87. The third kappa shape index (κ3) is 32.9. The summed E-state index contributed by atoms with van der Waals surface area (Å²) in [7, 11) is 0. The first-order chi connectivity index (χ1) is 2.00. The Morgan fingerprint density at radius 2 is 1.20 bits per heavy atom. The Morgan fingerprint density at radius 1 is 1.20 bits per heavy atom. The fourth-order valence-corrected chi connectivity index (χ4v) is 0.